The molecule has 3 nitrogen and oxygen atoms in total. The van der Waals surface area contributed by atoms with Gasteiger partial charge in [-0.1, -0.05) is 38.1 Å². The van der Waals surface area contributed by atoms with Gasteiger partial charge in [0, 0.05) is 3.57 Å². The third-order valence-corrected chi connectivity index (χ3v) is 4.01. The molecule has 2 aromatic rings. The van der Waals surface area contributed by atoms with Crippen molar-refractivity contribution in [3.8, 4) is 5.75 Å². The normalized spacial score (nSPS) is 10.5. The summed E-state index contributed by atoms with van der Waals surface area (Å²) < 4.78 is 6.50. The number of rotatable bonds is 5. The quantitative estimate of drug-likeness (QED) is 0.761. The predicted molar refractivity (Wildman–Crippen MR) is 93.8 cm³/mol. The van der Waals surface area contributed by atoms with Crippen LogP contribution in [0.1, 0.15) is 25.3 Å². The number of nitrogens with one attached hydrogen (secondary N) is 1. The summed E-state index contributed by atoms with van der Waals surface area (Å²) in [6.07, 6.45) is 0. The van der Waals surface area contributed by atoms with Gasteiger partial charge in [-0.05, 0) is 58.3 Å². The number of halogens is 1. The van der Waals surface area contributed by atoms with Gasteiger partial charge in [-0.3, -0.25) is 4.79 Å². The molecule has 0 saturated heterocycles. The Morgan fingerprint density at radius 3 is 2.43 bits per heavy atom. The summed E-state index contributed by atoms with van der Waals surface area (Å²) in [6.45, 7) is 4.29. The van der Waals surface area contributed by atoms with Crippen LogP contribution < -0.4 is 10.1 Å². The number of ether oxygens (including phenoxy) is 1. The maximum Gasteiger partial charge on any atom is 0.262 e. The van der Waals surface area contributed by atoms with Crippen molar-refractivity contribution in [2.45, 2.75) is 19.8 Å². The molecule has 21 heavy (non-hydrogen) atoms. The van der Waals surface area contributed by atoms with Gasteiger partial charge in [0.15, 0.2) is 6.61 Å². The molecule has 0 saturated carbocycles. The van der Waals surface area contributed by atoms with E-state index in [1.54, 1.807) is 0 Å². The second-order valence-corrected chi connectivity index (χ2v) is 6.20. The van der Waals surface area contributed by atoms with Crippen molar-refractivity contribution in [2.24, 2.45) is 0 Å². The summed E-state index contributed by atoms with van der Waals surface area (Å²) >= 11 is 2.19. The minimum absolute atomic E-state index is 0.00595. The van der Waals surface area contributed by atoms with Gasteiger partial charge in [0.05, 0.1) is 5.69 Å². The molecule has 0 aliphatic heterocycles. The number of hydrogen-bond donors (Lipinski definition) is 1. The first-order chi connectivity index (χ1) is 10.1. The van der Waals surface area contributed by atoms with E-state index in [1.807, 2.05) is 48.5 Å². The Labute approximate surface area is 138 Å². The first kappa shape index (κ1) is 15.8. The van der Waals surface area contributed by atoms with Gasteiger partial charge in [-0.2, -0.15) is 0 Å². The van der Waals surface area contributed by atoms with Crippen LogP contribution in [0.4, 0.5) is 5.69 Å². The fraction of sp³-hybridized carbons (Fsp3) is 0.235. The number of anilines is 1. The Hall–Kier alpha value is -1.56. The van der Waals surface area contributed by atoms with E-state index in [-0.39, 0.29) is 12.5 Å². The number of carbonyl (C=O) groups is 1. The van der Waals surface area contributed by atoms with Crippen LogP contribution in [0.5, 0.6) is 5.75 Å². The third kappa shape index (κ3) is 4.74. The van der Waals surface area contributed by atoms with Crippen molar-refractivity contribution in [1.29, 1.82) is 0 Å². The zero-order valence-corrected chi connectivity index (χ0v) is 14.3. The largest absolute Gasteiger partial charge is 0.484 e. The lowest BCUT2D eigenvalue weighted by molar-refractivity contribution is -0.118. The predicted octanol–water partition coefficient (Wildman–Crippen LogP) is 4.43. The Kier molecular flexibility index (Phi) is 5.61. The summed E-state index contributed by atoms with van der Waals surface area (Å²) in [5.41, 5.74) is 2.06. The molecule has 0 aliphatic rings. The fourth-order valence-corrected chi connectivity index (χ4v) is 2.37. The minimum atomic E-state index is -0.160. The lowest BCUT2D eigenvalue weighted by Gasteiger charge is -2.10. The third-order valence-electron chi connectivity index (χ3n) is 3.06. The molecule has 2 aromatic carbocycles. The molecule has 0 fully saturated rings. The molecule has 0 atom stereocenters. The van der Waals surface area contributed by atoms with E-state index in [9.17, 15) is 4.79 Å². The molecule has 0 unspecified atom stereocenters. The molecule has 0 aromatic heterocycles. The molecule has 4 heteroatoms. The summed E-state index contributed by atoms with van der Waals surface area (Å²) in [5, 5.41) is 2.84. The van der Waals surface area contributed by atoms with Crippen molar-refractivity contribution in [1.82, 2.24) is 0 Å². The highest BCUT2D eigenvalue weighted by Gasteiger charge is 2.06. The number of carbonyl (C=O) groups excluding carboxylic acids is 1. The van der Waals surface area contributed by atoms with Gasteiger partial charge in [0.25, 0.3) is 5.91 Å². The van der Waals surface area contributed by atoms with Crippen LogP contribution in [0, 0.1) is 3.57 Å². The Morgan fingerprint density at radius 2 is 1.81 bits per heavy atom. The van der Waals surface area contributed by atoms with E-state index < -0.39 is 0 Å². The Balaban J connectivity index is 1.88. The Bertz CT molecular complexity index is 608. The molecule has 0 bridgehead atoms. The number of benzene rings is 2. The molecule has 0 radical (unpaired) electrons. The lowest BCUT2D eigenvalue weighted by atomic mass is 10.0. The SMILES string of the molecule is CC(C)c1ccc(OCC(=O)Nc2ccccc2I)cc1. The summed E-state index contributed by atoms with van der Waals surface area (Å²) in [5.74, 6) is 1.03. The molecular weight excluding hydrogens is 377 g/mol. The van der Waals surface area contributed by atoms with Crippen LogP contribution in [-0.2, 0) is 4.79 Å². The highest BCUT2D eigenvalue weighted by molar-refractivity contribution is 14.1. The molecule has 2 rings (SSSR count). The van der Waals surface area contributed by atoms with Gasteiger partial charge in [-0.15, -0.1) is 0 Å². The first-order valence-electron chi connectivity index (χ1n) is 6.83. The smallest absolute Gasteiger partial charge is 0.262 e. The van der Waals surface area contributed by atoms with Gasteiger partial charge in [0.1, 0.15) is 5.75 Å². The van der Waals surface area contributed by atoms with Crippen LogP contribution in [0.15, 0.2) is 48.5 Å². The average Bonchev–Trinajstić information content (AvgIpc) is 2.48. The van der Waals surface area contributed by atoms with Crippen molar-refractivity contribution in [3.05, 3.63) is 57.7 Å². The highest BCUT2D eigenvalue weighted by atomic mass is 127. The molecule has 0 aliphatic carbocycles. The van der Waals surface area contributed by atoms with Gasteiger partial charge < -0.3 is 10.1 Å². The van der Waals surface area contributed by atoms with Crippen molar-refractivity contribution in [2.75, 3.05) is 11.9 Å². The minimum Gasteiger partial charge on any atom is -0.484 e. The molecule has 0 heterocycles. The lowest BCUT2D eigenvalue weighted by Crippen LogP contribution is -2.20. The van der Waals surface area contributed by atoms with Crippen LogP contribution in [0.2, 0.25) is 0 Å². The molecule has 110 valence electrons. The Morgan fingerprint density at radius 1 is 1.14 bits per heavy atom. The zero-order chi connectivity index (χ0) is 15.2. The van der Waals surface area contributed by atoms with E-state index in [1.165, 1.54) is 5.56 Å². The van der Waals surface area contributed by atoms with Crippen molar-refractivity contribution in [3.63, 3.8) is 0 Å². The van der Waals surface area contributed by atoms with Crippen molar-refractivity contribution >= 4 is 34.2 Å². The molecule has 1 N–H and O–H groups in total. The second-order valence-electron chi connectivity index (χ2n) is 5.04. The zero-order valence-electron chi connectivity index (χ0n) is 12.1. The number of hydrogen-bond acceptors (Lipinski definition) is 2. The van der Waals surface area contributed by atoms with Gasteiger partial charge in [0.2, 0.25) is 0 Å². The number of amides is 1. The van der Waals surface area contributed by atoms with Crippen LogP contribution in [0.25, 0.3) is 0 Å². The molecular formula is C17H18INO2. The summed E-state index contributed by atoms with van der Waals surface area (Å²) in [7, 11) is 0. The molecule has 1 amide bonds. The average molecular weight is 395 g/mol. The highest BCUT2D eigenvalue weighted by Crippen LogP contribution is 2.19. The van der Waals surface area contributed by atoms with E-state index >= 15 is 0 Å². The van der Waals surface area contributed by atoms with Gasteiger partial charge >= 0.3 is 0 Å². The van der Waals surface area contributed by atoms with Crippen LogP contribution in [-0.4, -0.2) is 12.5 Å². The topological polar surface area (TPSA) is 38.3 Å². The van der Waals surface area contributed by atoms with Gasteiger partial charge in [-0.25, -0.2) is 0 Å². The first-order valence-corrected chi connectivity index (χ1v) is 7.91. The summed E-state index contributed by atoms with van der Waals surface area (Å²) in [6, 6.07) is 15.5. The summed E-state index contributed by atoms with van der Waals surface area (Å²) in [4.78, 5) is 11.9. The van der Waals surface area contributed by atoms with Crippen LogP contribution >= 0.6 is 22.6 Å². The monoisotopic (exact) mass is 395 g/mol. The standard InChI is InChI=1S/C17H18INO2/c1-12(2)13-7-9-14(10-8-13)21-11-17(20)19-16-6-4-3-5-15(16)18/h3-10,12H,11H2,1-2H3,(H,19,20). The van der Waals surface area contributed by atoms with E-state index in [4.69, 9.17) is 4.74 Å². The maximum absolute atomic E-state index is 11.9. The van der Waals surface area contributed by atoms with Crippen molar-refractivity contribution < 1.29 is 9.53 Å². The molecule has 0 spiro atoms. The fourth-order valence-electron chi connectivity index (χ4n) is 1.85. The number of para-hydroxylation sites is 1. The van der Waals surface area contributed by atoms with Crippen LogP contribution in [0.3, 0.4) is 0 Å². The maximum atomic E-state index is 11.9. The van der Waals surface area contributed by atoms with E-state index in [0.29, 0.717) is 11.7 Å². The van der Waals surface area contributed by atoms with E-state index in [0.717, 1.165) is 9.26 Å². The second kappa shape index (κ2) is 7.45. The van der Waals surface area contributed by atoms with E-state index in [2.05, 4.69) is 41.8 Å².